The van der Waals surface area contributed by atoms with Gasteiger partial charge < -0.3 is 0 Å². The molecule has 2 heteroatoms. The van der Waals surface area contributed by atoms with Crippen molar-refractivity contribution in [2.75, 3.05) is 5.75 Å². The second-order valence-corrected chi connectivity index (χ2v) is 4.52. The SMILES string of the molecule is CCCSC1CCC(=O)CC1. The van der Waals surface area contributed by atoms with Crippen molar-refractivity contribution >= 4 is 17.5 Å². The van der Waals surface area contributed by atoms with Crippen LogP contribution in [0.1, 0.15) is 39.0 Å². The highest BCUT2D eigenvalue weighted by atomic mass is 32.2. The van der Waals surface area contributed by atoms with Crippen LogP contribution in [0.5, 0.6) is 0 Å². The van der Waals surface area contributed by atoms with Crippen LogP contribution in [0.3, 0.4) is 0 Å². The van der Waals surface area contributed by atoms with Gasteiger partial charge in [0.25, 0.3) is 0 Å². The lowest BCUT2D eigenvalue weighted by atomic mass is 9.99. The van der Waals surface area contributed by atoms with Crippen LogP contribution in [0.2, 0.25) is 0 Å². The van der Waals surface area contributed by atoms with Crippen molar-refractivity contribution in [2.24, 2.45) is 0 Å². The van der Waals surface area contributed by atoms with Crippen LogP contribution < -0.4 is 0 Å². The summed E-state index contributed by atoms with van der Waals surface area (Å²) in [7, 11) is 0. The lowest BCUT2D eigenvalue weighted by Gasteiger charge is -2.19. The third kappa shape index (κ3) is 3.28. The molecule has 1 fully saturated rings. The maximum Gasteiger partial charge on any atom is 0.132 e. The second kappa shape index (κ2) is 4.81. The van der Waals surface area contributed by atoms with Gasteiger partial charge in [-0.05, 0) is 25.0 Å². The van der Waals surface area contributed by atoms with Crippen molar-refractivity contribution in [3.05, 3.63) is 0 Å². The van der Waals surface area contributed by atoms with Gasteiger partial charge in [0.15, 0.2) is 0 Å². The predicted molar refractivity (Wildman–Crippen MR) is 50.0 cm³/mol. The van der Waals surface area contributed by atoms with Crippen LogP contribution in [0.25, 0.3) is 0 Å². The largest absolute Gasteiger partial charge is 0.300 e. The molecule has 1 saturated carbocycles. The van der Waals surface area contributed by atoms with E-state index in [1.54, 1.807) is 0 Å². The third-order valence-electron chi connectivity index (χ3n) is 2.05. The molecule has 1 aliphatic rings. The van der Waals surface area contributed by atoms with E-state index in [1.807, 2.05) is 11.8 Å². The normalized spacial score (nSPS) is 20.6. The number of hydrogen-bond acceptors (Lipinski definition) is 2. The fourth-order valence-corrected chi connectivity index (χ4v) is 2.50. The van der Waals surface area contributed by atoms with Gasteiger partial charge in [-0.2, -0.15) is 11.8 Å². The Hall–Kier alpha value is 0.0200. The molecule has 0 unspecified atom stereocenters. The summed E-state index contributed by atoms with van der Waals surface area (Å²) in [5.74, 6) is 1.73. The van der Waals surface area contributed by atoms with E-state index in [0.717, 1.165) is 30.9 Å². The molecular weight excluding hydrogens is 156 g/mol. The number of carbonyl (C=O) groups is 1. The summed E-state index contributed by atoms with van der Waals surface area (Å²) in [5.41, 5.74) is 0. The molecule has 1 rings (SSSR count). The van der Waals surface area contributed by atoms with Crippen LogP contribution in [-0.2, 0) is 4.79 Å². The molecule has 0 amide bonds. The molecule has 0 aromatic heterocycles. The first-order chi connectivity index (χ1) is 5.33. The summed E-state index contributed by atoms with van der Waals surface area (Å²) in [6.07, 6.45) is 5.19. The Balaban J connectivity index is 2.12. The van der Waals surface area contributed by atoms with E-state index in [-0.39, 0.29) is 0 Å². The molecule has 64 valence electrons. The standard InChI is InChI=1S/C9H16OS/c1-2-7-11-9-5-3-8(10)4-6-9/h9H,2-7H2,1H3. The molecule has 0 spiro atoms. The molecule has 0 aromatic rings. The number of thioether (sulfide) groups is 1. The predicted octanol–water partition coefficient (Wildman–Crippen LogP) is 2.64. The topological polar surface area (TPSA) is 17.1 Å². The van der Waals surface area contributed by atoms with E-state index in [9.17, 15) is 4.79 Å². The molecule has 0 aliphatic heterocycles. The monoisotopic (exact) mass is 172 g/mol. The van der Waals surface area contributed by atoms with E-state index in [2.05, 4.69) is 6.92 Å². The van der Waals surface area contributed by atoms with E-state index >= 15 is 0 Å². The molecule has 11 heavy (non-hydrogen) atoms. The zero-order valence-corrected chi connectivity index (χ0v) is 7.95. The second-order valence-electron chi connectivity index (χ2n) is 3.11. The number of hydrogen-bond donors (Lipinski definition) is 0. The molecule has 0 saturated heterocycles. The van der Waals surface area contributed by atoms with E-state index in [4.69, 9.17) is 0 Å². The molecule has 0 aromatic carbocycles. The van der Waals surface area contributed by atoms with Crippen LogP contribution in [0, 0.1) is 0 Å². The van der Waals surface area contributed by atoms with Gasteiger partial charge in [0.05, 0.1) is 0 Å². The van der Waals surface area contributed by atoms with Crippen molar-refractivity contribution in [1.29, 1.82) is 0 Å². The van der Waals surface area contributed by atoms with Crippen LogP contribution in [0.15, 0.2) is 0 Å². The average Bonchev–Trinajstić information content (AvgIpc) is 2.04. The zero-order valence-electron chi connectivity index (χ0n) is 7.14. The Kier molecular flexibility index (Phi) is 3.98. The maximum atomic E-state index is 10.9. The Labute approximate surface area is 72.9 Å². The molecular formula is C9H16OS. The Morgan fingerprint density at radius 3 is 2.64 bits per heavy atom. The van der Waals surface area contributed by atoms with Gasteiger partial charge >= 0.3 is 0 Å². The Bertz CT molecular complexity index is 124. The van der Waals surface area contributed by atoms with Gasteiger partial charge in [-0.1, -0.05) is 6.92 Å². The number of carbonyl (C=O) groups excluding carboxylic acids is 1. The van der Waals surface area contributed by atoms with Gasteiger partial charge in [0.2, 0.25) is 0 Å². The highest BCUT2D eigenvalue weighted by Gasteiger charge is 2.17. The fraction of sp³-hybridized carbons (Fsp3) is 0.889. The molecule has 1 aliphatic carbocycles. The van der Waals surface area contributed by atoms with Gasteiger partial charge in [-0.25, -0.2) is 0 Å². The molecule has 1 nitrogen and oxygen atoms in total. The average molecular weight is 172 g/mol. The lowest BCUT2D eigenvalue weighted by Crippen LogP contribution is -2.15. The highest BCUT2D eigenvalue weighted by molar-refractivity contribution is 7.99. The van der Waals surface area contributed by atoms with Crippen LogP contribution in [-0.4, -0.2) is 16.8 Å². The van der Waals surface area contributed by atoms with Gasteiger partial charge in [-0.15, -0.1) is 0 Å². The van der Waals surface area contributed by atoms with E-state index in [1.165, 1.54) is 12.2 Å². The van der Waals surface area contributed by atoms with E-state index in [0.29, 0.717) is 5.78 Å². The molecule has 0 bridgehead atoms. The lowest BCUT2D eigenvalue weighted by molar-refractivity contribution is -0.120. The van der Waals surface area contributed by atoms with Crippen LogP contribution >= 0.6 is 11.8 Å². The summed E-state index contributed by atoms with van der Waals surface area (Å²) >= 11 is 2.05. The summed E-state index contributed by atoms with van der Waals surface area (Å²) in [6, 6.07) is 0. The molecule has 0 radical (unpaired) electrons. The summed E-state index contributed by atoms with van der Waals surface area (Å²) in [4.78, 5) is 10.9. The zero-order chi connectivity index (χ0) is 8.10. The first-order valence-corrected chi connectivity index (χ1v) is 5.51. The van der Waals surface area contributed by atoms with Crippen LogP contribution in [0.4, 0.5) is 0 Å². The first-order valence-electron chi connectivity index (χ1n) is 4.46. The Morgan fingerprint density at radius 1 is 1.45 bits per heavy atom. The van der Waals surface area contributed by atoms with Crippen molar-refractivity contribution in [2.45, 2.75) is 44.3 Å². The van der Waals surface area contributed by atoms with E-state index < -0.39 is 0 Å². The summed E-state index contributed by atoms with van der Waals surface area (Å²) in [5, 5.41) is 0.785. The maximum absolute atomic E-state index is 10.9. The van der Waals surface area contributed by atoms with Gasteiger partial charge in [0, 0.05) is 18.1 Å². The van der Waals surface area contributed by atoms with Crippen molar-refractivity contribution in [3.8, 4) is 0 Å². The first kappa shape index (κ1) is 9.11. The van der Waals surface area contributed by atoms with Gasteiger partial charge in [0.1, 0.15) is 5.78 Å². The van der Waals surface area contributed by atoms with Gasteiger partial charge in [-0.3, -0.25) is 4.79 Å². The minimum absolute atomic E-state index is 0.471. The fourth-order valence-electron chi connectivity index (χ4n) is 1.36. The minimum atomic E-state index is 0.471. The molecule has 0 heterocycles. The number of Topliss-reactive ketones (excluding diaryl/α,β-unsaturated/α-hetero) is 1. The summed E-state index contributed by atoms with van der Waals surface area (Å²) < 4.78 is 0. The Morgan fingerprint density at radius 2 is 2.09 bits per heavy atom. The molecule has 0 atom stereocenters. The van der Waals surface area contributed by atoms with Crippen molar-refractivity contribution in [1.82, 2.24) is 0 Å². The molecule has 0 N–H and O–H groups in total. The quantitative estimate of drug-likeness (QED) is 0.651. The van der Waals surface area contributed by atoms with Crippen molar-refractivity contribution in [3.63, 3.8) is 0 Å². The smallest absolute Gasteiger partial charge is 0.132 e. The number of ketones is 1. The summed E-state index contributed by atoms with van der Waals surface area (Å²) in [6.45, 7) is 2.21. The van der Waals surface area contributed by atoms with Crippen molar-refractivity contribution < 1.29 is 4.79 Å². The number of rotatable bonds is 3. The minimum Gasteiger partial charge on any atom is -0.300 e. The third-order valence-corrected chi connectivity index (χ3v) is 3.63. The highest BCUT2D eigenvalue weighted by Crippen LogP contribution is 2.26.